The van der Waals surface area contributed by atoms with Crippen LogP contribution in [0.3, 0.4) is 0 Å². The number of rotatable bonds is 4. The minimum Gasteiger partial charge on any atom is -0.369 e. The first-order chi connectivity index (χ1) is 13.4. The Labute approximate surface area is 172 Å². The van der Waals surface area contributed by atoms with Crippen molar-refractivity contribution in [3.63, 3.8) is 0 Å². The monoisotopic (exact) mass is 455 g/mol. The largest absolute Gasteiger partial charge is 0.369 e. The lowest BCUT2D eigenvalue weighted by molar-refractivity contribution is -0.128. The summed E-state index contributed by atoms with van der Waals surface area (Å²) in [6, 6.07) is 22.9. The highest BCUT2D eigenvalue weighted by atomic mass is 79.9. The number of hydrogen-bond acceptors (Lipinski definition) is 3. The van der Waals surface area contributed by atoms with Crippen LogP contribution >= 0.6 is 23.1 Å². The molecular weight excluding hydrogens is 437 g/mol. The number of nitrogens with zero attached hydrogens (tertiary/aromatic N) is 1. The Hall–Kier alpha value is -2.20. The average Bonchev–Trinajstić information content (AvgIpc) is 2.96. The minimum absolute atomic E-state index is 0.366. The van der Waals surface area contributed by atoms with Crippen molar-refractivity contribution in [3.8, 4) is 0 Å². The summed E-state index contributed by atoms with van der Waals surface area (Å²) in [7, 11) is -3.80. The van der Waals surface area contributed by atoms with E-state index in [4.69, 9.17) is 0 Å². The van der Waals surface area contributed by atoms with Crippen LogP contribution in [-0.4, -0.2) is 17.6 Å². The molecule has 1 aliphatic rings. The van der Waals surface area contributed by atoms with E-state index in [0.717, 1.165) is 0 Å². The maximum atomic E-state index is 14.8. The van der Waals surface area contributed by atoms with Crippen LogP contribution in [-0.2, 0) is 14.7 Å². The quantitative estimate of drug-likeness (QED) is 0.605. The van der Waals surface area contributed by atoms with E-state index in [-0.39, 0.29) is 0 Å². The van der Waals surface area contributed by atoms with Gasteiger partial charge in [-0.3, -0.25) is 4.79 Å². The molecule has 6 heteroatoms. The van der Waals surface area contributed by atoms with Crippen molar-refractivity contribution in [1.29, 1.82) is 0 Å². The van der Waals surface area contributed by atoms with Gasteiger partial charge in [0.15, 0.2) is 7.14 Å². The zero-order valence-corrected chi connectivity index (χ0v) is 17.7. The molecule has 0 fully saturated rings. The second kappa shape index (κ2) is 7.00. The molecule has 0 aromatic heterocycles. The van der Waals surface area contributed by atoms with Gasteiger partial charge in [0.1, 0.15) is 0 Å². The van der Waals surface area contributed by atoms with Gasteiger partial charge in [-0.15, -0.1) is 0 Å². The SMILES string of the molecule is CCN1C(=O)C(O)(P(=O)(c2ccccc2)c2ccccc2)c2cc(Br)ccc21. The number of hydrogen-bond donors (Lipinski definition) is 1. The van der Waals surface area contributed by atoms with Crippen LogP contribution in [0.25, 0.3) is 0 Å². The molecule has 1 amide bonds. The Morgan fingerprint density at radius 1 is 0.964 bits per heavy atom. The first kappa shape index (κ1) is 19.1. The van der Waals surface area contributed by atoms with Crippen LogP contribution in [0.1, 0.15) is 12.5 Å². The fourth-order valence-electron chi connectivity index (χ4n) is 3.85. The van der Waals surface area contributed by atoms with E-state index in [1.54, 1.807) is 60.7 Å². The highest BCUT2D eigenvalue weighted by Crippen LogP contribution is 2.65. The predicted molar refractivity (Wildman–Crippen MR) is 116 cm³/mol. The number of carbonyl (C=O) groups excluding carboxylic acids is 1. The number of likely N-dealkylation sites (N-methyl/N-ethyl adjacent to an activating group) is 1. The third-order valence-corrected chi connectivity index (χ3v) is 9.07. The summed E-state index contributed by atoms with van der Waals surface area (Å²) < 4.78 is 15.5. The number of aliphatic hydroxyl groups is 1. The lowest BCUT2D eigenvalue weighted by atomic mass is 10.1. The number of halogens is 1. The van der Waals surface area contributed by atoms with Crippen molar-refractivity contribution < 1.29 is 14.5 Å². The number of amides is 1. The normalized spacial score (nSPS) is 19.0. The molecule has 0 radical (unpaired) electrons. The van der Waals surface area contributed by atoms with Crippen LogP contribution in [0.2, 0.25) is 0 Å². The molecule has 0 spiro atoms. The first-order valence-electron chi connectivity index (χ1n) is 9.00. The molecule has 0 aliphatic carbocycles. The van der Waals surface area contributed by atoms with Crippen LogP contribution in [0, 0.1) is 0 Å². The average molecular weight is 456 g/mol. The van der Waals surface area contributed by atoms with E-state index in [1.807, 2.05) is 25.1 Å². The number of benzene rings is 3. The van der Waals surface area contributed by atoms with E-state index >= 15 is 0 Å². The van der Waals surface area contributed by atoms with Gasteiger partial charge in [-0.25, -0.2) is 0 Å². The Balaban J connectivity index is 2.09. The summed E-state index contributed by atoms with van der Waals surface area (Å²) in [6.07, 6.45) is 0. The van der Waals surface area contributed by atoms with Crippen molar-refractivity contribution in [2.24, 2.45) is 0 Å². The summed E-state index contributed by atoms with van der Waals surface area (Å²) in [5.74, 6) is -0.556. The molecule has 28 heavy (non-hydrogen) atoms. The zero-order valence-electron chi connectivity index (χ0n) is 15.2. The fourth-order valence-corrected chi connectivity index (χ4v) is 7.35. The molecule has 142 valence electrons. The minimum atomic E-state index is -3.80. The highest BCUT2D eigenvalue weighted by molar-refractivity contribution is 9.10. The molecule has 3 aromatic carbocycles. The number of carbonyl (C=O) groups is 1. The summed E-state index contributed by atoms with van der Waals surface area (Å²) in [6.45, 7) is 2.21. The Morgan fingerprint density at radius 2 is 1.50 bits per heavy atom. The van der Waals surface area contributed by atoms with E-state index in [1.165, 1.54) is 4.90 Å². The molecule has 4 rings (SSSR count). The second-order valence-electron chi connectivity index (χ2n) is 6.66. The van der Waals surface area contributed by atoms with E-state index in [9.17, 15) is 14.5 Å². The topological polar surface area (TPSA) is 57.6 Å². The molecule has 1 atom stereocenters. The van der Waals surface area contributed by atoms with Crippen LogP contribution < -0.4 is 15.5 Å². The van der Waals surface area contributed by atoms with Gasteiger partial charge in [-0.1, -0.05) is 76.6 Å². The smallest absolute Gasteiger partial charge is 0.272 e. The van der Waals surface area contributed by atoms with Gasteiger partial charge in [-0.05, 0) is 25.1 Å². The molecular formula is C22H19BrNO3P. The van der Waals surface area contributed by atoms with Gasteiger partial charge in [-0.2, -0.15) is 0 Å². The van der Waals surface area contributed by atoms with E-state index < -0.39 is 18.4 Å². The molecule has 1 aliphatic heterocycles. The lowest BCUT2D eigenvalue weighted by Gasteiger charge is -2.33. The molecule has 3 aromatic rings. The van der Waals surface area contributed by atoms with Gasteiger partial charge < -0.3 is 14.6 Å². The van der Waals surface area contributed by atoms with Crippen molar-refractivity contribution in [2.75, 3.05) is 11.4 Å². The number of fused-ring (bicyclic) bond motifs is 1. The molecule has 1 heterocycles. The summed E-state index contributed by atoms with van der Waals surface area (Å²) in [4.78, 5) is 15.0. The van der Waals surface area contributed by atoms with Gasteiger partial charge in [0, 0.05) is 27.2 Å². The maximum Gasteiger partial charge on any atom is 0.272 e. The third-order valence-electron chi connectivity index (χ3n) is 5.18. The van der Waals surface area contributed by atoms with Gasteiger partial charge in [0.25, 0.3) is 5.91 Å². The van der Waals surface area contributed by atoms with Gasteiger partial charge in [0.05, 0.1) is 5.69 Å². The van der Waals surface area contributed by atoms with Crippen LogP contribution in [0.4, 0.5) is 5.69 Å². The van der Waals surface area contributed by atoms with E-state index in [0.29, 0.717) is 32.9 Å². The summed E-state index contributed by atoms with van der Waals surface area (Å²) >= 11 is 3.43. The Bertz CT molecular complexity index is 1040. The molecule has 4 nitrogen and oxygen atoms in total. The molecule has 0 saturated heterocycles. The Morgan fingerprint density at radius 3 is 2.00 bits per heavy atom. The van der Waals surface area contributed by atoms with Crippen LogP contribution in [0.15, 0.2) is 83.3 Å². The van der Waals surface area contributed by atoms with Crippen LogP contribution in [0.5, 0.6) is 0 Å². The standard InChI is InChI=1S/C22H19BrNO3P/c1-2-24-20-14-13-16(23)15-19(20)22(26,21(24)25)28(27,17-9-5-3-6-10-17)18-11-7-4-8-12-18/h3-15,26H,2H2,1H3. The van der Waals surface area contributed by atoms with Gasteiger partial charge >= 0.3 is 0 Å². The molecule has 1 N–H and O–H groups in total. The number of anilines is 1. The molecule has 0 saturated carbocycles. The van der Waals surface area contributed by atoms with E-state index in [2.05, 4.69) is 15.9 Å². The van der Waals surface area contributed by atoms with Crippen molar-refractivity contribution >= 4 is 45.3 Å². The lowest BCUT2D eigenvalue weighted by Crippen LogP contribution is -2.44. The maximum absolute atomic E-state index is 14.8. The first-order valence-corrected chi connectivity index (χ1v) is 11.5. The van der Waals surface area contributed by atoms with Crippen molar-refractivity contribution in [3.05, 3.63) is 88.9 Å². The highest BCUT2D eigenvalue weighted by Gasteiger charge is 2.62. The fraction of sp³-hybridized carbons (Fsp3) is 0.136. The summed E-state index contributed by atoms with van der Waals surface area (Å²) in [5.41, 5.74) is 0.954. The van der Waals surface area contributed by atoms with Crippen molar-refractivity contribution in [1.82, 2.24) is 0 Å². The third kappa shape index (κ3) is 2.54. The molecule has 1 unspecified atom stereocenters. The predicted octanol–water partition coefficient (Wildman–Crippen LogP) is 3.97. The van der Waals surface area contributed by atoms with Gasteiger partial charge in [0.2, 0.25) is 5.34 Å². The second-order valence-corrected chi connectivity index (χ2v) is 10.5. The zero-order chi connectivity index (χ0) is 19.9. The van der Waals surface area contributed by atoms with Crippen molar-refractivity contribution in [2.45, 2.75) is 12.3 Å². The summed E-state index contributed by atoms with van der Waals surface area (Å²) in [5, 5.41) is 10.7. The Kier molecular flexibility index (Phi) is 4.78. The molecule has 0 bridgehead atoms.